The Morgan fingerprint density at radius 2 is 1.71 bits per heavy atom. The zero-order chi connectivity index (χ0) is 22.0. The maximum Gasteiger partial charge on any atom is 0.239 e. The van der Waals surface area contributed by atoms with Gasteiger partial charge in [-0.15, -0.1) is 0 Å². The maximum absolute atomic E-state index is 13.2. The topological polar surface area (TPSA) is 44.4 Å². The van der Waals surface area contributed by atoms with Crippen LogP contribution in [0.5, 0.6) is 0 Å². The second-order valence-electron chi connectivity index (χ2n) is 8.68. The van der Waals surface area contributed by atoms with Crippen LogP contribution in [0.4, 0.5) is 5.69 Å². The second-order valence-corrected chi connectivity index (χ2v) is 9.96. The van der Waals surface area contributed by atoms with Gasteiger partial charge in [-0.25, -0.2) is 5.43 Å². The van der Waals surface area contributed by atoms with Crippen molar-refractivity contribution >= 4 is 46.4 Å². The normalized spacial score (nSPS) is 24.4. The van der Waals surface area contributed by atoms with Gasteiger partial charge in [-0.1, -0.05) is 73.1 Å². The molecule has 1 unspecified atom stereocenters. The van der Waals surface area contributed by atoms with Crippen LogP contribution < -0.4 is 15.8 Å². The van der Waals surface area contributed by atoms with Gasteiger partial charge in [0.2, 0.25) is 5.91 Å². The molecule has 0 aromatic heterocycles. The molecule has 2 aliphatic rings. The van der Waals surface area contributed by atoms with Crippen molar-refractivity contribution in [1.29, 1.82) is 0 Å². The lowest BCUT2D eigenvalue weighted by Gasteiger charge is -2.29. The first-order valence-corrected chi connectivity index (χ1v) is 12.1. The van der Waals surface area contributed by atoms with Crippen LogP contribution in [-0.2, 0) is 4.79 Å². The van der Waals surface area contributed by atoms with E-state index in [9.17, 15) is 4.79 Å². The SMILES string of the molecule is C[C@@H]1C(c2ccc(Cl)cc2)N(c2ccc(Cl)cc2Cl)N[C@@H]1C(=O)NCC1CCCCC1. The lowest BCUT2D eigenvalue weighted by atomic mass is 9.88. The molecule has 2 aromatic carbocycles. The molecule has 31 heavy (non-hydrogen) atoms. The largest absolute Gasteiger partial charge is 0.354 e. The number of nitrogens with one attached hydrogen (secondary N) is 2. The third-order valence-electron chi connectivity index (χ3n) is 6.53. The molecule has 4 nitrogen and oxygen atoms in total. The summed E-state index contributed by atoms with van der Waals surface area (Å²) in [5.74, 6) is 0.632. The average molecular weight is 481 g/mol. The summed E-state index contributed by atoms with van der Waals surface area (Å²) in [6.07, 6.45) is 6.24. The van der Waals surface area contributed by atoms with E-state index in [2.05, 4.69) is 17.7 Å². The van der Waals surface area contributed by atoms with Gasteiger partial charge in [0.05, 0.1) is 16.8 Å². The molecule has 1 aliphatic heterocycles. The van der Waals surface area contributed by atoms with Gasteiger partial charge in [-0.3, -0.25) is 9.80 Å². The molecule has 1 amide bonds. The highest BCUT2D eigenvalue weighted by molar-refractivity contribution is 6.36. The van der Waals surface area contributed by atoms with Crippen molar-refractivity contribution in [3.8, 4) is 0 Å². The zero-order valence-electron chi connectivity index (χ0n) is 17.6. The smallest absolute Gasteiger partial charge is 0.239 e. The fourth-order valence-corrected chi connectivity index (χ4v) is 5.44. The highest BCUT2D eigenvalue weighted by Gasteiger charge is 2.44. The summed E-state index contributed by atoms with van der Waals surface area (Å²) < 4.78 is 0. The van der Waals surface area contributed by atoms with Crippen molar-refractivity contribution in [2.45, 2.75) is 51.1 Å². The minimum atomic E-state index is -0.365. The second kappa shape index (κ2) is 9.99. The van der Waals surface area contributed by atoms with Gasteiger partial charge in [0, 0.05) is 22.5 Å². The number of carbonyl (C=O) groups excluding carboxylic acids is 1. The highest BCUT2D eigenvalue weighted by Crippen LogP contribution is 2.42. The number of hydrogen-bond donors (Lipinski definition) is 2. The van der Waals surface area contributed by atoms with E-state index in [0.29, 0.717) is 21.0 Å². The van der Waals surface area contributed by atoms with Crippen molar-refractivity contribution in [3.63, 3.8) is 0 Å². The molecule has 1 heterocycles. The molecule has 2 fully saturated rings. The predicted molar refractivity (Wildman–Crippen MR) is 129 cm³/mol. The van der Waals surface area contributed by atoms with E-state index in [1.165, 1.54) is 32.1 Å². The number of nitrogens with zero attached hydrogens (tertiary/aromatic N) is 1. The number of anilines is 1. The first-order valence-electron chi connectivity index (χ1n) is 11.0. The lowest BCUT2D eigenvalue weighted by Crippen LogP contribution is -2.47. The van der Waals surface area contributed by atoms with Crippen molar-refractivity contribution in [2.24, 2.45) is 11.8 Å². The van der Waals surface area contributed by atoms with E-state index < -0.39 is 0 Å². The van der Waals surface area contributed by atoms with E-state index in [1.807, 2.05) is 41.4 Å². The van der Waals surface area contributed by atoms with Crippen molar-refractivity contribution in [3.05, 3.63) is 63.1 Å². The Morgan fingerprint density at radius 1 is 1.03 bits per heavy atom. The van der Waals surface area contributed by atoms with E-state index in [4.69, 9.17) is 34.8 Å². The van der Waals surface area contributed by atoms with E-state index in [0.717, 1.165) is 17.8 Å². The Labute approximate surface area is 199 Å². The summed E-state index contributed by atoms with van der Waals surface area (Å²) in [5.41, 5.74) is 5.29. The van der Waals surface area contributed by atoms with Gasteiger partial charge in [0.25, 0.3) is 0 Å². The minimum absolute atomic E-state index is 0.0132. The van der Waals surface area contributed by atoms with Crippen LogP contribution in [0.15, 0.2) is 42.5 Å². The number of carbonyl (C=O) groups is 1. The fourth-order valence-electron chi connectivity index (χ4n) is 4.82. The van der Waals surface area contributed by atoms with Crippen LogP contribution in [0.3, 0.4) is 0 Å². The number of halogens is 3. The first-order chi connectivity index (χ1) is 14.9. The average Bonchev–Trinajstić information content (AvgIpc) is 3.10. The molecule has 1 saturated heterocycles. The first kappa shape index (κ1) is 22.7. The molecule has 7 heteroatoms. The standard InChI is InChI=1S/C24H28Cl3N3O/c1-15-22(24(31)28-14-16-5-3-2-4-6-16)29-30(21-12-11-19(26)13-20(21)27)23(15)17-7-9-18(25)10-8-17/h7-13,15-16,22-23,29H,2-6,14H2,1H3,(H,28,31)/t15-,22-,23?/m0/s1. The van der Waals surface area contributed by atoms with Crippen LogP contribution in [-0.4, -0.2) is 18.5 Å². The van der Waals surface area contributed by atoms with Crippen LogP contribution in [0.25, 0.3) is 0 Å². The number of hydrazine groups is 1. The quantitative estimate of drug-likeness (QED) is 0.519. The molecule has 1 aliphatic carbocycles. The zero-order valence-corrected chi connectivity index (χ0v) is 19.9. The third kappa shape index (κ3) is 5.14. The number of rotatable bonds is 5. The molecule has 3 atom stereocenters. The Kier molecular flexibility index (Phi) is 7.33. The summed E-state index contributed by atoms with van der Waals surface area (Å²) in [4.78, 5) is 13.2. The van der Waals surface area contributed by atoms with Gasteiger partial charge >= 0.3 is 0 Å². The molecule has 2 aromatic rings. The van der Waals surface area contributed by atoms with Crippen molar-refractivity contribution in [2.75, 3.05) is 11.6 Å². The Bertz CT molecular complexity index is 915. The van der Waals surface area contributed by atoms with Crippen LogP contribution in [0.2, 0.25) is 15.1 Å². The number of benzene rings is 2. The molecule has 4 rings (SSSR count). The van der Waals surface area contributed by atoms with E-state index in [-0.39, 0.29) is 23.9 Å². The fraction of sp³-hybridized carbons (Fsp3) is 0.458. The summed E-state index contributed by atoms with van der Waals surface area (Å²) in [5, 5.41) is 6.99. The minimum Gasteiger partial charge on any atom is -0.354 e. The number of amides is 1. The summed E-state index contributed by atoms with van der Waals surface area (Å²) in [6.45, 7) is 2.85. The van der Waals surface area contributed by atoms with Crippen LogP contribution in [0.1, 0.15) is 50.6 Å². The van der Waals surface area contributed by atoms with Gasteiger partial charge in [0.15, 0.2) is 0 Å². The Morgan fingerprint density at radius 3 is 2.39 bits per heavy atom. The van der Waals surface area contributed by atoms with Crippen molar-refractivity contribution < 1.29 is 4.79 Å². The molecule has 2 N–H and O–H groups in total. The van der Waals surface area contributed by atoms with Gasteiger partial charge in [-0.2, -0.15) is 0 Å². The third-order valence-corrected chi connectivity index (χ3v) is 7.32. The van der Waals surface area contributed by atoms with Crippen molar-refractivity contribution in [1.82, 2.24) is 10.7 Å². The predicted octanol–water partition coefficient (Wildman–Crippen LogP) is 6.41. The molecule has 166 valence electrons. The number of hydrogen-bond acceptors (Lipinski definition) is 3. The molecule has 0 bridgehead atoms. The van der Waals surface area contributed by atoms with Gasteiger partial charge in [-0.05, 0) is 54.7 Å². The van der Waals surface area contributed by atoms with Crippen LogP contribution in [0, 0.1) is 11.8 Å². The molecular weight excluding hydrogens is 453 g/mol. The van der Waals surface area contributed by atoms with Crippen LogP contribution >= 0.6 is 34.8 Å². The molecule has 0 spiro atoms. The molecule has 0 radical (unpaired) electrons. The Balaban J connectivity index is 1.58. The van der Waals surface area contributed by atoms with Gasteiger partial charge < -0.3 is 5.32 Å². The molecule has 1 saturated carbocycles. The lowest BCUT2D eigenvalue weighted by molar-refractivity contribution is -0.123. The highest BCUT2D eigenvalue weighted by atomic mass is 35.5. The summed E-state index contributed by atoms with van der Waals surface area (Å²) in [6, 6.07) is 12.7. The van der Waals surface area contributed by atoms with Gasteiger partial charge in [0.1, 0.15) is 6.04 Å². The summed E-state index contributed by atoms with van der Waals surface area (Å²) >= 11 is 18.8. The maximum atomic E-state index is 13.2. The van der Waals surface area contributed by atoms with E-state index in [1.54, 1.807) is 6.07 Å². The molecular formula is C24H28Cl3N3O. The summed E-state index contributed by atoms with van der Waals surface area (Å²) in [7, 11) is 0. The monoisotopic (exact) mass is 479 g/mol. The van der Waals surface area contributed by atoms with E-state index >= 15 is 0 Å². The Hall–Kier alpha value is -1.46.